The first kappa shape index (κ1) is 60.9. The number of allylic oxidation sites excluding steroid dienone is 12. The van der Waals surface area contributed by atoms with Crippen molar-refractivity contribution < 1.29 is 28.6 Å². The van der Waals surface area contributed by atoms with E-state index in [4.69, 9.17) is 14.2 Å². The molecule has 0 heterocycles. The molecule has 0 aromatic carbocycles. The monoisotopic (exact) mass is 893 g/mol. The van der Waals surface area contributed by atoms with Crippen molar-refractivity contribution in [1.82, 2.24) is 0 Å². The Kier molecular flexibility index (Phi) is 49.9. The number of esters is 3. The van der Waals surface area contributed by atoms with Crippen LogP contribution in [0, 0.1) is 0 Å². The number of hydrogen-bond acceptors (Lipinski definition) is 6. The molecule has 64 heavy (non-hydrogen) atoms. The van der Waals surface area contributed by atoms with Gasteiger partial charge in [0.2, 0.25) is 0 Å². The molecule has 0 spiro atoms. The Morgan fingerprint density at radius 1 is 0.328 bits per heavy atom. The zero-order valence-corrected chi connectivity index (χ0v) is 42.0. The van der Waals surface area contributed by atoms with Crippen molar-refractivity contribution in [3.63, 3.8) is 0 Å². The third kappa shape index (κ3) is 49.9. The number of rotatable bonds is 48. The highest BCUT2D eigenvalue weighted by Crippen LogP contribution is 2.13. The molecule has 368 valence electrons. The van der Waals surface area contributed by atoms with E-state index in [2.05, 4.69) is 87.6 Å². The summed E-state index contributed by atoms with van der Waals surface area (Å²) in [6, 6.07) is 0. The molecule has 0 aromatic rings. The van der Waals surface area contributed by atoms with Crippen molar-refractivity contribution in [2.45, 2.75) is 264 Å². The van der Waals surface area contributed by atoms with Crippen molar-refractivity contribution in [3.05, 3.63) is 72.9 Å². The quantitative estimate of drug-likeness (QED) is 0.0199. The summed E-state index contributed by atoms with van der Waals surface area (Å²) in [5.74, 6) is -0.998. The summed E-state index contributed by atoms with van der Waals surface area (Å²) in [7, 11) is 0. The number of carbonyl (C=O) groups is 3. The topological polar surface area (TPSA) is 78.9 Å². The Labute approximate surface area is 395 Å². The first-order chi connectivity index (χ1) is 31.5. The number of unbranched alkanes of at least 4 members (excludes halogenated alkanes) is 27. The average Bonchev–Trinajstić information content (AvgIpc) is 3.29. The average molecular weight is 893 g/mol. The lowest BCUT2D eigenvalue weighted by Gasteiger charge is -2.18. The fraction of sp³-hybridized carbons (Fsp3) is 0.741. The van der Waals surface area contributed by atoms with Crippen molar-refractivity contribution in [2.75, 3.05) is 13.2 Å². The Bertz CT molecular complexity index is 1210. The largest absolute Gasteiger partial charge is 0.462 e. The van der Waals surface area contributed by atoms with Crippen LogP contribution in [0.25, 0.3) is 0 Å². The van der Waals surface area contributed by atoms with Gasteiger partial charge in [-0.3, -0.25) is 14.4 Å². The van der Waals surface area contributed by atoms with Gasteiger partial charge in [-0.2, -0.15) is 0 Å². The number of hydrogen-bond donors (Lipinski definition) is 0. The van der Waals surface area contributed by atoms with Gasteiger partial charge in [0.1, 0.15) is 13.2 Å². The Hall–Kier alpha value is -3.15. The molecule has 0 bridgehead atoms. The molecule has 0 aliphatic rings. The Morgan fingerprint density at radius 2 is 0.641 bits per heavy atom. The second-order valence-corrected chi connectivity index (χ2v) is 17.8. The van der Waals surface area contributed by atoms with Crippen LogP contribution in [0.4, 0.5) is 0 Å². The van der Waals surface area contributed by atoms with Gasteiger partial charge in [-0.15, -0.1) is 0 Å². The van der Waals surface area contributed by atoms with Gasteiger partial charge in [-0.05, 0) is 89.9 Å². The smallest absolute Gasteiger partial charge is 0.306 e. The highest BCUT2D eigenvalue weighted by atomic mass is 16.6. The van der Waals surface area contributed by atoms with Gasteiger partial charge < -0.3 is 14.2 Å². The molecule has 0 aliphatic heterocycles. The van der Waals surface area contributed by atoms with Crippen LogP contribution >= 0.6 is 0 Å². The van der Waals surface area contributed by atoms with Crippen LogP contribution in [-0.2, 0) is 28.6 Å². The van der Waals surface area contributed by atoms with Crippen molar-refractivity contribution in [1.29, 1.82) is 0 Å². The van der Waals surface area contributed by atoms with E-state index in [1.165, 1.54) is 128 Å². The molecule has 0 saturated heterocycles. The Morgan fingerprint density at radius 3 is 1.08 bits per heavy atom. The van der Waals surface area contributed by atoms with Gasteiger partial charge >= 0.3 is 17.9 Å². The normalized spacial score (nSPS) is 12.6. The van der Waals surface area contributed by atoms with Crippen LogP contribution in [-0.4, -0.2) is 37.2 Å². The standard InChI is InChI=1S/C58H100O6/c1-4-7-10-13-16-19-22-25-27-28-29-31-33-36-39-42-45-48-51-57(60)63-54-55(53-62-56(59)50-47-44-41-38-35-32-24-21-18-15-12-9-6-3)64-58(61)52-49-46-43-40-37-34-30-26-23-20-17-14-11-8-5-2/h17,20,23,26-29,31-32,35,41,44,55H,4-16,18-19,21-22,24-25,30,33-34,36-40,42-43,45-54H2,1-3H3/b20-17-,26-23-,28-27-,31-29-,35-32-,44-41-. The molecule has 0 rings (SSSR count). The third-order valence-corrected chi connectivity index (χ3v) is 11.5. The van der Waals surface area contributed by atoms with E-state index >= 15 is 0 Å². The minimum Gasteiger partial charge on any atom is -0.462 e. The molecule has 1 atom stereocenters. The molecular weight excluding hydrogens is 793 g/mol. The molecule has 0 saturated carbocycles. The van der Waals surface area contributed by atoms with Gasteiger partial charge in [0.25, 0.3) is 0 Å². The van der Waals surface area contributed by atoms with E-state index in [1.807, 2.05) is 6.08 Å². The zero-order valence-electron chi connectivity index (χ0n) is 42.0. The molecule has 1 unspecified atom stereocenters. The molecule has 0 N–H and O–H groups in total. The van der Waals surface area contributed by atoms with Crippen LogP contribution in [0.3, 0.4) is 0 Å². The molecule has 0 aromatic heterocycles. The summed E-state index contributed by atoms with van der Waals surface area (Å²) in [4.78, 5) is 38.0. The lowest BCUT2D eigenvalue weighted by atomic mass is 10.1. The third-order valence-electron chi connectivity index (χ3n) is 11.5. The summed E-state index contributed by atoms with van der Waals surface area (Å²) < 4.78 is 16.7. The number of carbonyl (C=O) groups excluding carboxylic acids is 3. The molecule has 0 fully saturated rings. The summed E-state index contributed by atoms with van der Waals surface area (Å²) in [5.41, 5.74) is 0. The van der Waals surface area contributed by atoms with Crippen LogP contribution in [0.5, 0.6) is 0 Å². The van der Waals surface area contributed by atoms with Gasteiger partial charge in [-0.25, -0.2) is 0 Å². The SMILES string of the molecule is CCCCC/C=C\C=C/CCCCCCCCC(=O)OC(COC(=O)CC/C=C\C/C=C\CCCCCCCC)COC(=O)CCCCCCC/C=C\C=C/CCCCCCCCC. The molecule has 0 amide bonds. The maximum Gasteiger partial charge on any atom is 0.306 e. The molecule has 0 aliphatic carbocycles. The first-order valence-electron chi connectivity index (χ1n) is 27.0. The van der Waals surface area contributed by atoms with Crippen LogP contribution in [0.1, 0.15) is 258 Å². The minimum atomic E-state index is -0.810. The zero-order chi connectivity index (χ0) is 46.5. The van der Waals surface area contributed by atoms with Crippen molar-refractivity contribution >= 4 is 17.9 Å². The van der Waals surface area contributed by atoms with E-state index in [1.54, 1.807) is 0 Å². The van der Waals surface area contributed by atoms with E-state index in [-0.39, 0.29) is 37.5 Å². The second kappa shape index (κ2) is 52.5. The summed E-state index contributed by atoms with van der Waals surface area (Å²) in [6.45, 7) is 6.52. The van der Waals surface area contributed by atoms with Crippen molar-refractivity contribution in [3.8, 4) is 0 Å². The summed E-state index contributed by atoms with van der Waals surface area (Å²) in [5, 5.41) is 0. The predicted octanol–water partition coefficient (Wildman–Crippen LogP) is 17.8. The molecule has 0 radical (unpaired) electrons. The lowest BCUT2D eigenvalue weighted by molar-refractivity contribution is -0.166. The lowest BCUT2D eigenvalue weighted by Crippen LogP contribution is -2.30. The fourth-order valence-electron chi connectivity index (χ4n) is 7.36. The summed E-state index contributed by atoms with van der Waals surface area (Å²) >= 11 is 0. The van der Waals surface area contributed by atoms with E-state index < -0.39 is 6.10 Å². The highest BCUT2D eigenvalue weighted by Gasteiger charge is 2.19. The van der Waals surface area contributed by atoms with Gasteiger partial charge in [0.05, 0.1) is 0 Å². The molecular formula is C58H100O6. The maximum atomic E-state index is 12.8. The van der Waals surface area contributed by atoms with E-state index in [0.29, 0.717) is 19.3 Å². The van der Waals surface area contributed by atoms with Crippen LogP contribution in [0.2, 0.25) is 0 Å². The minimum absolute atomic E-state index is 0.105. The van der Waals surface area contributed by atoms with Gasteiger partial charge in [0.15, 0.2) is 6.10 Å². The molecule has 6 nitrogen and oxygen atoms in total. The first-order valence-corrected chi connectivity index (χ1v) is 27.0. The fourth-order valence-corrected chi connectivity index (χ4v) is 7.36. The Balaban J connectivity index is 4.47. The predicted molar refractivity (Wildman–Crippen MR) is 274 cm³/mol. The van der Waals surface area contributed by atoms with Crippen LogP contribution < -0.4 is 0 Å². The summed E-state index contributed by atoms with van der Waals surface area (Å²) in [6.07, 6.45) is 66.1. The van der Waals surface area contributed by atoms with Gasteiger partial charge in [0, 0.05) is 19.3 Å². The second-order valence-electron chi connectivity index (χ2n) is 17.8. The molecule has 6 heteroatoms. The van der Waals surface area contributed by atoms with Crippen molar-refractivity contribution in [2.24, 2.45) is 0 Å². The van der Waals surface area contributed by atoms with Crippen LogP contribution in [0.15, 0.2) is 72.9 Å². The van der Waals surface area contributed by atoms with Gasteiger partial charge in [-0.1, -0.05) is 222 Å². The van der Waals surface area contributed by atoms with E-state index in [0.717, 1.165) is 83.5 Å². The van der Waals surface area contributed by atoms with E-state index in [9.17, 15) is 14.4 Å². The maximum absolute atomic E-state index is 12.8. The highest BCUT2D eigenvalue weighted by molar-refractivity contribution is 5.71. The number of ether oxygens (including phenoxy) is 3.